The molecule has 7 heteroatoms. The number of ether oxygens (including phenoxy) is 1. The standard InChI is InChI=1S/C14H17ClN2O3S/c1-2-17-9-14(8-16-17)20-10-13(11-21(15,18)19)12-6-4-3-5-7-12/h3-9,13H,2,10-11H2,1H3. The molecule has 114 valence electrons. The molecule has 0 saturated heterocycles. The summed E-state index contributed by atoms with van der Waals surface area (Å²) in [6.07, 6.45) is 3.39. The Labute approximate surface area is 128 Å². The zero-order valence-corrected chi connectivity index (χ0v) is 13.2. The minimum Gasteiger partial charge on any atom is -0.490 e. The lowest BCUT2D eigenvalue weighted by molar-refractivity contribution is 0.296. The second-order valence-corrected chi connectivity index (χ2v) is 7.48. The van der Waals surface area contributed by atoms with Crippen molar-refractivity contribution in [1.29, 1.82) is 0 Å². The zero-order valence-electron chi connectivity index (χ0n) is 11.6. The van der Waals surface area contributed by atoms with E-state index in [9.17, 15) is 8.42 Å². The van der Waals surface area contributed by atoms with Gasteiger partial charge in [-0.25, -0.2) is 8.42 Å². The van der Waals surface area contributed by atoms with Gasteiger partial charge in [0, 0.05) is 23.1 Å². The Morgan fingerprint density at radius 1 is 1.33 bits per heavy atom. The van der Waals surface area contributed by atoms with Crippen LogP contribution in [0.15, 0.2) is 42.7 Å². The van der Waals surface area contributed by atoms with Crippen molar-refractivity contribution in [2.24, 2.45) is 0 Å². The van der Waals surface area contributed by atoms with Gasteiger partial charge in [0.2, 0.25) is 9.05 Å². The van der Waals surface area contributed by atoms with Crippen molar-refractivity contribution in [2.75, 3.05) is 12.4 Å². The van der Waals surface area contributed by atoms with Crippen LogP contribution in [0.25, 0.3) is 0 Å². The maximum Gasteiger partial charge on any atom is 0.233 e. The van der Waals surface area contributed by atoms with Crippen LogP contribution >= 0.6 is 10.7 Å². The molecule has 0 radical (unpaired) electrons. The van der Waals surface area contributed by atoms with Crippen molar-refractivity contribution in [3.63, 3.8) is 0 Å². The summed E-state index contributed by atoms with van der Waals surface area (Å²) in [6.45, 7) is 2.95. The molecule has 0 saturated carbocycles. The smallest absolute Gasteiger partial charge is 0.233 e. The van der Waals surface area contributed by atoms with Crippen LogP contribution in [0.4, 0.5) is 0 Å². The average Bonchev–Trinajstić information content (AvgIpc) is 2.91. The summed E-state index contributed by atoms with van der Waals surface area (Å²) >= 11 is 0. The summed E-state index contributed by atoms with van der Waals surface area (Å²) in [5.74, 6) is 0.129. The van der Waals surface area contributed by atoms with Gasteiger partial charge in [-0.15, -0.1) is 0 Å². The van der Waals surface area contributed by atoms with E-state index >= 15 is 0 Å². The van der Waals surface area contributed by atoms with E-state index in [1.54, 1.807) is 17.1 Å². The van der Waals surface area contributed by atoms with Crippen LogP contribution in [-0.4, -0.2) is 30.6 Å². The van der Waals surface area contributed by atoms with Gasteiger partial charge in [-0.3, -0.25) is 4.68 Å². The normalized spacial score (nSPS) is 13.0. The van der Waals surface area contributed by atoms with Gasteiger partial charge in [-0.2, -0.15) is 5.10 Å². The maximum atomic E-state index is 11.4. The molecule has 0 bridgehead atoms. The van der Waals surface area contributed by atoms with E-state index in [0.717, 1.165) is 12.1 Å². The monoisotopic (exact) mass is 328 g/mol. The van der Waals surface area contributed by atoms with Crippen molar-refractivity contribution < 1.29 is 13.2 Å². The molecule has 0 fully saturated rings. The molecule has 1 unspecified atom stereocenters. The number of rotatable bonds is 7. The highest BCUT2D eigenvalue weighted by Gasteiger charge is 2.20. The van der Waals surface area contributed by atoms with Gasteiger partial charge >= 0.3 is 0 Å². The number of aryl methyl sites for hydroxylation is 1. The lowest BCUT2D eigenvalue weighted by Gasteiger charge is -2.16. The van der Waals surface area contributed by atoms with E-state index in [2.05, 4.69) is 5.10 Å². The van der Waals surface area contributed by atoms with Crippen LogP contribution < -0.4 is 4.74 Å². The third-order valence-corrected chi connectivity index (χ3v) is 4.23. The van der Waals surface area contributed by atoms with Gasteiger partial charge in [-0.1, -0.05) is 30.3 Å². The van der Waals surface area contributed by atoms with Crippen LogP contribution in [0.2, 0.25) is 0 Å². The second kappa shape index (κ2) is 6.95. The van der Waals surface area contributed by atoms with E-state index in [4.69, 9.17) is 15.4 Å². The fourth-order valence-electron chi connectivity index (χ4n) is 1.99. The SMILES string of the molecule is CCn1cc(OCC(CS(=O)(=O)Cl)c2ccccc2)cn1. The summed E-state index contributed by atoms with van der Waals surface area (Å²) in [7, 11) is 1.78. The van der Waals surface area contributed by atoms with Crippen LogP contribution in [0, 0.1) is 0 Å². The fourth-order valence-corrected chi connectivity index (χ4v) is 3.22. The van der Waals surface area contributed by atoms with E-state index in [-0.39, 0.29) is 18.3 Å². The minimum absolute atomic E-state index is 0.166. The van der Waals surface area contributed by atoms with Gasteiger partial charge in [0.15, 0.2) is 5.75 Å². The number of nitrogens with zero attached hydrogens (tertiary/aromatic N) is 2. The number of halogens is 1. The van der Waals surface area contributed by atoms with Crippen LogP contribution in [-0.2, 0) is 15.6 Å². The molecule has 1 heterocycles. The lowest BCUT2D eigenvalue weighted by atomic mass is 10.0. The molecule has 2 aromatic rings. The molecular weight excluding hydrogens is 312 g/mol. The van der Waals surface area contributed by atoms with Crippen LogP contribution in [0.5, 0.6) is 5.75 Å². The first-order valence-corrected chi connectivity index (χ1v) is 9.08. The van der Waals surface area contributed by atoms with Crippen molar-refractivity contribution in [1.82, 2.24) is 9.78 Å². The molecule has 0 N–H and O–H groups in total. The minimum atomic E-state index is -3.60. The predicted molar refractivity (Wildman–Crippen MR) is 82.2 cm³/mol. The van der Waals surface area contributed by atoms with Gasteiger partial charge in [0.05, 0.1) is 24.8 Å². The average molecular weight is 329 g/mol. The molecule has 2 rings (SSSR count). The summed E-state index contributed by atoms with van der Waals surface area (Å²) in [6, 6.07) is 9.33. The van der Waals surface area contributed by atoms with Gasteiger partial charge < -0.3 is 4.74 Å². The summed E-state index contributed by atoms with van der Waals surface area (Å²) in [4.78, 5) is 0. The van der Waals surface area contributed by atoms with Gasteiger partial charge in [0.25, 0.3) is 0 Å². The summed E-state index contributed by atoms with van der Waals surface area (Å²) < 4.78 is 30.1. The van der Waals surface area contributed by atoms with Gasteiger partial charge in [0.1, 0.15) is 0 Å². The maximum absolute atomic E-state index is 11.4. The molecule has 0 amide bonds. The summed E-state index contributed by atoms with van der Waals surface area (Å²) in [5.41, 5.74) is 0.879. The van der Waals surface area contributed by atoms with Crippen molar-refractivity contribution in [2.45, 2.75) is 19.4 Å². The molecule has 5 nitrogen and oxygen atoms in total. The Balaban J connectivity index is 2.09. The first-order valence-electron chi connectivity index (χ1n) is 6.60. The Bertz CT molecular complexity index is 671. The third kappa shape index (κ3) is 5.06. The lowest BCUT2D eigenvalue weighted by Crippen LogP contribution is -2.17. The molecule has 0 aliphatic heterocycles. The topological polar surface area (TPSA) is 61.2 Å². The number of hydrogen-bond donors (Lipinski definition) is 0. The van der Waals surface area contributed by atoms with E-state index in [1.807, 2.05) is 37.3 Å². The highest BCUT2D eigenvalue weighted by Crippen LogP contribution is 2.21. The molecule has 21 heavy (non-hydrogen) atoms. The molecular formula is C14H17ClN2O3S. The largest absolute Gasteiger partial charge is 0.490 e. The molecule has 0 aliphatic carbocycles. The Morgan fingerprint density at radius 2 is 2.05 bits per heavy atom. The molecule has 1 atom stereocenters. The van der Waals surface area contributed by atoms with Crippen LogP contribution in [0.3, 0.4) is 0 Å². The van der Waals surface area contributed by atoms with E-state index in [0.29, 0.717) is 5.75 Å². The molecule has 0 spiro atoms. The predicted octanol–water partition coefficient (Wildman–Crippen LogP) is 2.63. The van der Waals surface area contributed by atoms with E-state index < -0.39 is 9.05 Å². The Morgan fingerprint density at radius 3 is 2.62 bits per heavy atom. The zero-order chi connectivity index (χ0) is 15.3. The third-order valence-electron chi connectivity index (χ3n) is 3.06. The first-order chi connectivity index (χ1) is 9.98. The quantitative estimate of drug-likeness (QED) is 0.733. The Kier molecular flexibility index (Phi) is 5.25. The first kappa shape index (κ1) is 15.9. The highest BCUT2D eigenvalue weighted by molar-refractivity contribution is 8.13. The molecule has 1 aromatic heterocycles. The highest BCUT2D eigenvalue weighted by atomic mass is 35.7. The second-order valence-electron chi connectivity index (χ2n) is 4.66. The van der Waals surface area contributed by atoms with Crippen LogP contribution in [0.1, 0.15) is 18.4 Å². The van der Waals surface area contributed by atoms with E-state index in [1.165, 1.54) is 0 Å². The van der Waals surface area contributed by atoms with Gasteiger partial charge in [-0.05, 0) is 12.5 Å². The van der Waals surface area contributed by atoms with Crippen molar-refractivity contribution >= 4 is 19.7 Å². The van der Waals surface area contributed by atoms with Crippen molar-refractivity contribution in [3.8, 4) is 5.75 Å². The number of hydrogen-bond acceptors (Lipinski definition) is 4. The molecule has 1 aromatic carbocycles. The molecule has 0 aliphatic rings. The fraction of sp³-hybridized carbons (Fsp3) is 0.357. The number of aromatic nitrogens is 2. The number of benzene rings is 1. The Hall–Kier alpha value is -1.53. The summed E-state index contributed by atoms with van der Waals surface area (Å²) in [5, 5.41) is 4.11. The van der Waals surface area contributed by atoms with Crippen molar-refractivity contribution in [3.05, 3.63) is 48.3 Å².